The van der Waals surface area contributed by atoms with Crippen molar-refractivity contribution >= 4 is 28.2 Å². The van der Waals surface area contributed by atoms with Gasteiger partial charge in [-0.2, -0.15) is 0 Å². The first kappa shape index (κ1) is 14.2. The molecule has 0 bridgehead atoms. The van der Waals surface area contributed by atoms with Crippen LogP contribution in [0.3, 0.4) is 0 Å². The molecular formula is C18H12N4O2S. The van der Waals surface area contributed by atoms with E-state index in [0.717, 1.165) is 38.6 Å². The number of thiophene rings is 1. The molecule has 0 spiro atoms. The number of ether oxygens (including phenoxy) is 2. The molecule has 1 aliphatic rings. The molecule has 0 saturated heterocycles. The number of hydrogen-bond donors (Lipinski definition) is 1. The third kappa shape index (κ3) is 2.28. The zero-order valence-corrected chi connectivity index (χ0v) is 13.8. The lowest BCUT2D eigenvalue weighted by Gasteiger charge is -2.11. The Balaban J connectivity index is 1.80. The van der Waals surface area contributed by atoms with Crippen LogP contribution in [0.15, 0.2) is 48.1 Å². The molecular weight excluding hydrogens is 336 g/mol. The summed E-state index contributed by atoms with van der Waals surface area (Å²) < 4.78 is 10.9. The molecule has 0 unspecified atom stereocenters. The summed E-state index contributed by atoms with van der Waals surface area (Å²) in [6, 6.07) is 11.9. The second kappa shape index (κ2) is 5.42. The van der Waals surface area contributed by atoms with E-state index in [1.165, 1.54) is 6.33 Å². The summed E-state index contributed by atoms with van der Waals surface area (Å²) in [5, 5.41) is 2.76. The molecule has 122 valence electrons. The van der Waals surface area contributed by atoms with Gasteiger partial charge in [0.1, 0.15) is 12.1 Å². The van der Waals surface area contributed by atoms with Crippen molar-refractivity contribution in [3.05, 3.63) is 48.1 Å². The van der Waals surface area contributed by atoms with Crippen molar-refractivity contribution in [2.75, 3.05) is 12.5 Å². The van der Waals surface area contributed by atoms with Crippen molar-refractivity contribution in [1.29, 1.82) is 0 Å². The number of aromatic nitrogens is 3. The Labute approximate surface area is 146 Å². The van der Waals surface area contributed by atoms with Crippen molar-refractivity contribution in [2.24, 2.45) is 0 Å². The highest BCUT2D eigenvalue weighted by atomic mass is 32.1. The van der Waals surface area contributed by atoms with Gasteiger partial charge in [-0.1, -0.05) is 12.1 Å². The van der Waals surface area contributed by atoms with Crippen molar-refractivity contribution in [3.63, 3.8) is 0 Å². The Morgan fingerprint density at radius 1 is 1.04 bits per heavy atom. The molecule has 0 atom stereocenters. The maximum Gasteiger partial charge on any atom is 0.231 e. The summed E-state index contributed by atoms with van der Waals surface area (Å²) >= 11 is 1.63. The van der Waals surface area contributed by atoms with Gasteiger partial charge in [-0.25, -0.2) is 15.0 Å². The minimum atomic E-state index is 0.243. The second-order valence-corrected chi connectivity index (χ2v) is 6.51. The van der Waals surface area contributed by atoms with E-state index in [9.17, 15) is 0 Å². The predicted octanol–water partition coefficient (Wildman–Crippen LogP) is 3.73. The molecule has 5 rings (SSSR count). The van der Waals surface area contributed by atoms with Gasteiger partial charge in [0, 0.05) is 5.56 Å². The van der Waals surface area contributed by atoms with Crippen molar-refractivity contribution < 1.29 is 9.47 Å². The van der Waals surface area contributed by atoms with E-state index < -0.39 is 0 Å². The molecule has 25 heavy (non-hydrogen) atoms. The number of rotatable bonds is 2. The molecule has 0 saturated carbocycles. The van der Waals surface area contributed by atoms with Crippen LogP contribution in [0.5, 0.6) is 11.5 Å². The molecule has 6 nitrogen and oxygen atoms in total. The number of hydrogen-bond acceptors (Lipinski definition) is 7. The Kier molecular flexibility index (Phi) is 3.07. The van der Waals surface area contributed by atoms with Crippen LogP contribution in [-0.2, 0) is 0 Å². The van der Waals surface area contributed by atoms with Gasteiger partial charge in [-0.05, 0) is 35.2 Å². The normalized spacial score (nSPS) is 12.6. The summed E-state index contributed by atoms with van der Waals surface area (Å²) in [7, 11) is 0. The zero-order chi connectivity index (χ0) is 16.8. The minimum absolute atomic E-state index is 0.243. The molecule has 3 aromatic heterocycles. The van der Waals surface area contributed by atoms with E-state index in [1.54, 1.807) is 11.3 Å². The van der Waals surface area contributed by atoms with E-state index in [0.29, 0.717) is 11.5 Å². The highest BCUT2D eigenvalue weighted by Gasteiger charge is 2.18. The maximum absolute atomic E-state index is 6.03. The molecule has 7 heteroatoms. The van der Waals surface area contributed by atoms with Crippen molar-refractivity contribution in [3.8, 4) is 33.2 Å². The van der Waals surface area contributed by atoms with Crippen molar-refractivity contribution in [1.82, 2.24) is 15.0 Å². The number of nitrogen functional groups attached to an aromatic ring is 1. The summed E-state index contributed by atoms with van der Waals surface area (Å²) in [5.41, 5.74) is 9.40. The third-order valence-corrected chi connectivity index (χ3v) is 4.97. The topological polar surface area (TPSA) is 83.2 Å². The van der Waals surface area contributed by atoms with Crippen LogP contribution in [0.25, 0.3) is 32.7 Å². The van der Waals surface area contributed by atoms with Crippen LogP contribution in [-0.4, -0.2) is 21.7 Å². The number of nitrogens with zero attached hydrogens (tertiary/aromatic N) is 3. The number of fused-ring (bicyclic) bond motifs is 2. The van der Waals surface area contributed by atoms with Gasteiger partial charge < -0.3 is 15.2 Å². The molecule has 1 aliphatic heterocycles. The summed E-state index contributed by atoms with van der Waals surface area (Å²) in [4.78, 5) is 14.2. The van der Waals surface area contributed by atoms with Gasteiger partial charge >= 0.3 is 0 Å². The summed E-state index contributed by atoms with van der Waals surface area (Å²) in [6.45, 7) is 0.243. The summed E-state index contributed by atoms with van der Waals surface area (Å²) in [6.07, 6.45) is 1.43. The molecule has 0 amide bonds. The van der Waals surface area contributed by atoms with Crippen LogP contribution in [0.4, 0.5) is 5.82 Å². The van der Waals surface area contributed by atoms with Crippen LogP contribution in [0, 0.1) is 0 Å². The molecule has 4 aromatic rings. The van der Waals surface area contributed by atoms with Gasteiger partial charge in [0.25, 0.3) is 0 Å². The lowest BCUT2D eigenvalue weighted by molar-refractivity contribution is 0.174. The van der Waals surface area contributed by atoms with Gasteiger partial charge in [-0.3, -0.25) is 0 Å². The van der Waals surface area contributed by atoms with E-state index >= 15 is 0 Å². The monoisotopic (exact) mass is 348 g/mol. The fourth-order valence-corrected chi connectivity index (χ4v) is 3.62. The average molecular weight is 348 g/mol. The Bertz CT molecular complexity index is 1100. The number of pyridine rings is 1. The van der Waals surface area contributed by atoms with E-state index in [1.807, 2.05) is 41.8 Å². The fourth-order valence-electron chi connectivity index (χ4n) is 2.89. The van der Waals surface area contributed by atoms with E-state index in [2.05, 4.69) is 9.97 Å². The Morgan fingerprint density at radius 3 is 2.84 bits per heavy atom. The SMILES string of the molecule is Nc1ncnc2nc(-c3cccs3)c(-c3ccc4c(c3)OCO4)cc12. The quantitative estimate of drug-likeness (QED) is 0.594. The predicted molar refractivity (Wildman–Crippen MR) is 96.6 cm³/mol. The molecule has 0 fully saturated rings. The molecule has 4 heterocycles. The Hall–Kier alpha value is -3.19. The third-order valence-electron chi connectivity index (χ3n) is 4.09. The zero-order valence-electron chi connectivity index (χ0n) is 13.0. The molecule has 0 aliphatic carbocycles. The first-order valence-electron chi connectivity index (χ1n) is 7.65. The summed E-state index contributed by atoms with van der Waals surface area (Å²) in [5.74, 6) is 1.89. The standard InChI is InChI=1S/C18H12N4O2S/c19-17-12-7-11(10-3-4-13-14(6-10)24-9-23-13)16(15-2-1-5-25-15)22-18(12)21-8-20-17/h1-8H,9H2,(H2,19,20,21,22). The van der Waals surface area contributed by atoms with Crippen LogP contribution >= 0.6 is 11.3 Å². The van der Waals surface area contributed by atoms with Gasteiger partial charge in [0.05, 0.1) is 16.0 Å². The molecule has 1 aromatic carbocycles. The molecule has 2 N–H and O–H groups in total. The van der Waals surface area contributed by atoms with Crippen molar-refractivity contribution in [2.45, 2.75) is 0 Å². The average Bonchev–Trinajstić information content (AvgIpc) is 3.32. The highest BCUT2D eigenvalue weighted by Crippen LogP contribution is 2.40. The highest BCUT2D eigenvalue weighted by molar-refractivity contribution is 7.13. The fraction of sp³-hybridized carbons (Fsp3) is 0.0556. The van der Waals surface area contributed by atoms with E-state index in [4.69, 9.17) is 20.2 Å². The smallest absolute Gasteiger partial charge is 0.231 e. The van der Waals surface area contributed by atoms with Gasteiger partial charge in [0.2, 0.25) is 6.79 Å². The first-order chi connectivity index (χ1) is 12.3. The second-order valence-electron chi connectivity index (χ2n) is 5.56. The minimum Gasteiger partial charge on any atom is -0.454 e. The maximum atomic E-state index is 6.03. The lowest BCUT2D eigenvalue weighted by Crippen LogP contribution is -1.97. The number of benzene rings is 1. The lowest BCUT2D eigenvalue weighted by atomic mass is 10.0. The largest absolute Gasteiger partial charge is 0.454 e. The Morgan fingerprint density at radius 2 is 1.96 bits per heavy atom. The van der Waals surface area contributed by atoms with Gasteiger partial charge in [0.15, 0.2) is 17.1 Å². The number of anilines is 1. The van der Waals surface area contributed by atoms with Crippen LogP contribution < -0.4 is 15.2 Å². The number of nitrogens with two attached hydrogens (primary N) is 1. The molecule has 0 radical (unpaired) electrons. The van der Waals surface area contributed by atoms with Gasteiger partial charge in [-0.15, -0.1) is 11.3 Å². The first-order valence-corrected chi connectivity index (χ1v) is 8.53. The van der Waals surface area contributed by atoms with Crippen LogP contribution in [0.1, 0.15) is 0 Å². The van der Waals surface area contributed by atoms with Crippen LogP contribution in [0.2, 0.25) is 0 Å². The van der Waals surface area contributed by atoms with E-state index in [-0.39, 0.29) is 6.79 Å².